The summed E-state index contributed by atoms with van der Waals surface area (Å²) in [6.07, 6.45) is 7.00. The summed E-state index contributed by atoms with van der Waals surface area (Å²) in [5.74, 6) is 3.65. The second-order valence-corrected chi connectivity index (χ2v) is 7.55. The third kappa shape index (κ3) is 4.32. The predicted octanol–water partition coefficient (Wildman–Crippen LogP) is 4.59. The van der Waals surface area contributed by atoms with Crippen molar-refractivity contribution < 1.29 is 0 Å². The van der Waals surface area contributed by atoms with Crippen molar-refractivity contribution in [1.82, 2.24) is 5.32 Å². The van der Waals surface area contributed by atoms with Gasteiger partial charge in [-0.05, 0) is 80.8 Å². The SMILES string of the molecule is CNCC1CCC(C(C)C)CC1CCc1cccs1. The van der Waals surface area contributed by atoms with Gasteiger partial charge in [-0.15, -0.1) is 11.3 Å². The van der Waals surface area contributed by atoms with Gasteiger partial charge in [0.05, 0.1) is 0 Å². The maximum Gasteiger partial charge on any atom is 0.00453 e. The van der Waals surface area contributed by atoms with Crippen LogP contribution in [-0.4, -0.2) is 13.6 Å². The second kappa shape index (κ2) is 7.44. The fourth-order valence-electron chi connectivity index (χ4n) is 3.64. The molecule has 0 aliphatic heterocycles. The van der Waals surface area contributed by atoms with Gasteiger partial charge >= 0.3 is 0 Å². The Hall–Kier alpha value is -0.340. The van der Waals surface area contributed by atoms with E-state index in [1.807, 2.05) is 11.3 Å². The Morgan fingerprint density at radius 1 is 1.32 bits per heavy atom. The van der Waals surface area contributed by atoms with Crippen LogP contribution in [0.15, 0.2) is 17.5 Å². The van der Waals surface area contributed by atoms with E-state index in [2.05, 4.69) is 43.7 Å². The van der Waals surface area contributed by atoms with Gasteiger partial charge in [0.25, 0.3) is 0 Å². The Morgan fingerprint density at radius 3 is 2.79 bits per heavy atom. The highest BCUT2D eigenvalue weighted by Gasteiger charge is 2.30. The number of hydrogen-bond acceptors (Lipinski definition) is 2. The summed E-state index contributed by atoms with van der Waals surface area (Å²) in [6.45, 7) is 6.01. The van der Waals surface area contributed by atoms with E-state index in [-0.39, 0.29) is 0 Å². The summed E-state index contributed by atoms with van der Waals surface area (Å²) in [5, 5.41) is 5.61. The average Bonchev–Trinajstić information content (AvgIpc) is 2.90. The van der Waals surface area contributed by atoms with E-state index < -0.39 is 0 Å². The van der Waals surface area contributed by atoms with Crippen molar-refractivity contribution in [1.29, 1.82) is 0 Å². The Kier molecular flexibility index (Phi) is 5.90. The van der Waals surface area contributed by atoms with Crippen LogP contribution in [0.1, 0.15) is 44.4 Å². The Balaban J connectivity index is 1.90. The van der Waals surface area contributed by atoms with Crippen LogP contribution in [0, 0.1) is 23.7 Å². The minimum absolute atomic E-state index is 0.861. The first-order valence-electron chi connectivity index (χ1n) is 7.87. The Morgan fingerprint density at radius 2 is 2.16 bits per heavy atom. The maximum absolute atomic E-state index is 3.41. The molecule has 1 saturated carbocycles. The molecule has 0 spiro atoms. The normalized spacial score (nSPS) is 27.9. The molecule has 1 fully saturated rings. The largest absolute Gasteiger partial charge is 0.319 e. The van der Waals surface area contributed by atoms with Gasteiger partial charge < -0.3 is 5.32 Å². The molecular formula is C17H29NS. The van der Waals surface area contributed by atoms with Crippen LogP contribution in [0.4, 0.5) is 0 Å². The van der Waals surface area contributed by atoms with Crippen molar-refractivity contribution in [2.75, 3.05) is 13.6 Å². The first-order valence-corrected chi connectivity index (χ1v) is 8.75. The van der Waals surface area contributed by atoms with Crippen LogP contribution in [0.2, 0.25) is 0 Å². The van der Waals surface area contributed by atoms with E-state index in [9.17, 15) is 0 Å². The summed E-state index contributed by atoms with van der Waals surface area (Å²) in [5.41, 5.74) is 0. The molecule has 0 amide bonds. The van der Waals surface area contributed by atoms with E-state index >= 15 is 0 Å². The minimum Gasteiger partial charge on any atom is -0.319 e. The van der Waals surface area contributed by atoms with Gasteiger partial charge in [-0.25, -0.2) is 0 Å². The molecule has 1 aliphatic carbocycles. The predicted molar refractivity (Wildman–Crippen MR) is 85.7 cm³/mol. The standard InChI is InChI=1S/C17H29NS/c1-13(2)14-6-7-16(12-18-3)15(11-14)8-9-17-5-4-10-19-17/h4-5,10,13-16,18H,6-9,11-12H2,1-3H3. The van der Waals surface area contributed by atoms with Gasteiger partial charge in [0.15, 0.2) is 0 Å². The van der Waals surface area contributed by atoms with Crippen LogP contribution in [0.3, 0.4) is 0 Å². The smallest absolute Gasteiger partial charge is 0.00453 e. The number of hydrogen-bond donors (Lipinski definition) is 1. The first-order chi connectivity index (χ1) is 9.20. The van der Waals surface area contributed by atoms with Crippen molar-refractivity contribution >= 4 is 11.3 Å². The highest BCUT2D eigenvalue weighted by molar-refractivity contribution is 7.09. The van der Waals surface area contributed by atoms with Gasteiger partial charge in [0, 0.05) is 4.88 Å². The van der Waals surface area contributed by atoms with Gasteiger partial charge in [0.2, 0.25) is 0 Å². The number of thiophene rings is 1. The van der Waals surface area contributed by atoms with Gasteiger partial charge in [0.1, 0.15) is 0 Å². The second-order valence-electron chi connectivity index (χ2n) is 6.51. The zero-order chi connectivity index (χ0) is 13.7. The zero-order valence-electron chi connectivity index (χ0n) is 12.7. The lowest BCUT2D eigenvalue weighted by molar-refractivity contribution is 0.139. The number of nitrogens with one attached hydrogen (secondary N) is 1. The van der Waals surface area contributed by atoms with Crippen LogP contribution in [-0.2, 0) is 6.42 Å². The molecule has 1 aliphatic rings. The first kappa shape index (κ1) is 15.1. The summed E-state index contributed by atoms with van der Waals surface area (Å²) in [4.78, 5) is 1.56. The lowest BCUT2D eigenvalue weighted by Gasteiger charge is -2.38. The van der Waals surface area contributed by atoms with Gasteiger partial charge in [-0.1, -0.05) is 19.9 Å². The molecule has 0 bridgehead atoms. The van der Waals surface area contributed by atoms with Gasteiger partial charge in [-0.3, -0.25) is 0 Å². The van der Waals surface area contributed by atoms with Crippen LogP contribution < -0.4 is 5.32 Å². The molecular weight excluding hydrogens is 250 g/mol. The minimum atomic E-state index is 0.861. The molecule has 1 aromatic heterocycles. The van der Waals surface area contributed by atoms with E-state index in [0.717, 1.165) is 23.7 Å². The quantitative estimate of drug-likeness (QED) is 0.803. The lowest BCUT2D eigenvalue weighted by atomic mass is 9.69. The molecule has 2 heteroatoms. The summed E-state index contributed by atoms with van der Waals surface area (Å²) in [6, 6.07) is 4.48. The number of aryl methyl sites for hydroxylation is 1. The van der Waals surface area contributed by atoms with Crippen molar-refractivity contribution in [2.24, 2.45) is 23.7 Å². The van der Waals surface area contributed by atoms with Crippen molar-refractivity contribution in [3.63, 3.8) is 0 Å². The molecule has 1 aromatic rings. The lowest BCUT2D eigenvalue weighted by Crippen LogP contribution is -2.33. The van der Waals surface area contributed by atoms with Crippen molar-refractivity contribution in [2.45, 2.75) is 46.0 Å². The molecule has 1 nitrogen and oxygen atoms in total. The fraction of sp³-hybridized carbons (Fsp3) is 0.765. The van der Waals surface area contributed by atoms with E-state index in [1.54, 1.807) is 4.88 Å². The van der Waals surface area contributed by atoms with Crippen LogP contribution in [0.5, 0.6) is 0 Å². The molecule has 1 heterocycles. The highest BCUT2D eigenvalue weighted by atomic mass is 32.1. The molecule has 0 aromatic carbocycles. The van der Waals surface area contributed by atoms with Crippen molar-refractivity contribution in [3.05, 3.63) is 22.4 Å². The fourth-order valence-corrected chi connectivity index (χ4v) is 4.36. The monoisotopic (exact) mass is 279 g/mol. The molecule has 19 heavy (non-hydrogen) atoms. The Bertz CT molecular complexity index is 344. The molecule has 3 unspecified atom stereocenters. The Labute approximate surface area is 122 Å². The van der Waals surface area contributed by atoms with E-state index in [4.69, 9.17) is 0 Å². The zero-order valence-corrected chi connectivity index (χ0v) is 13.5. The molecule has 1 N–H and O–H groups in total. The molecule has 0 saturated heterocycles. The average molecular weight is 279 g/mol. The summed E-state index contributed by atoms with van der Waals surface area (Å²) >= 11 is 1.92. The number of rotatable bonds is 6. The maximum atomic E-state index is 3.41. The van der Waals surface area contributed by atoms with E-state index in [1.165, 1.54) is 38.6 Å². The third-order valence-electron chi connectivity index (χ3n) is 4.93. The van der Waals surface area contributed by atoms with Crippen LogP contribution in [0.25, 0.3) is 0 Å². The molecule has 3 atom stereocenters. The summed E-state index contributed by atoms with van der Waals surface area (Å²) in [7, 11) is 2.10. The highest BCUT2D eigenvalue weighted by Crippen LogP contribution is 2.39. The molecule has 0 radical (unpaired) electrons. The van der Waals surface area contributed by atoms with Crippen LogP contribution >= 0.6 is 11.3 Å². The molecule has 2 rings (SSSR count). The topological polar surface area (TPSA) is 12.0 Å². The summed E-state index contributed by atoms with van der Waals surface area (Å²) < 4.78 is 0. The van der Waals surface area contributed by atoms with Crippen molar-refractivity contribution in [3.8, 4) is 0 Å². The van der Waals surface area contributed by atoms with E-state index in [0.29, 0.717) is 0 Å². The molecule has 108 valence electrons. The third-order valence-corrected chi connectivity index (χ3v) is 5.87. The van der Waals surface area contributed by atoms with Gasteiger partial charge in [-0.2, -0.15) is 0 Å².